The molecule has 0 radical (unpaired) electrons. The maximum atomic E-state index is 13.3. The van der Waals surface area contributed by atoms with Crippen molar-refractivity contribution in [2.45, 2.75) is 46.2 Å². The van der Waals surface area contributed by atoms with E-state index in [2.05, 4.69) is 71.2 Å². The van der Waals surface area contributed by atoms with Gasteiger partial charge in [0.1, 0.15) is 5.70 Å². The summed E-state index contributed by atoms with van der Waals surface area (Å²) in [4.78, 5) is 20.6. The number of hydrogen-bond acceptors (Lipinski definition) is 6. The zero-order valence-corrected chi connectivity index (χ0v) is 21.7. The number of hydrogen-bond donors (Lipinski definition) is 1. The molecule has 1 amide bonds. The number of anilines is 1. The highest BCUT2D eigenvalue weighted by atomic mass is 79.9. The third kappa shape index (κ3) is 5.11. The molecule has 0 saturated carbocycles. The summed E-state index contributed by atoms with van der Waals surface area (Å²) in [6, 6.07) is 14.3. The Morgan fingerprint density at radius 1 is 1.09 bits per heavy atom. The van der Waals surface area contributed by atoms with E-state index < -0.39 is 6.17 Å². The molecule has 0 aliphatic carbocycles. The van der Waals surface area contributed by atoms with Crippen molar-refractivity contribution < 1.29 is 4.79 Å². The number of rotatable bonds is 8. The Bertz CT molecular complexity index is 1160. The fourth-order valence-corrected chi connectivity index (χ4v) is 5.31. The number of thioether (sulfide) groups is 1. The van der Waals surface area contributed by atoms with Gasteiger partial charge in [-0.1, -0.05) is 59.6 Å². The SMILES string of the molecule is CCCCCSC1=NN2C(=c3cc(Br)ccc3=NC2c2ccc(N(CC)CC)cc2)C(=O)N1. The molecule has 4 rings (SSSR count). The van der Waals surface area contributed by atoms with Crippen LogP contribution in [-0.4, -0.2) is 34.9 Å². The second kappa shape index (κ2) is 10.7. The van der Waals surface area contributed by atoms with Gasteiger partial charge in [0.25, 0.3) is 5.91 Å². The smallest absolute Gasteiger partial charge is 0.276 e. The average Bonchev–Trinajstić information content (AvgIpc) is 2.82. The number of benzene rings is 2. The van der Waals surface area contributed by atoms with Crippen LogP contribution in [-0.2, 0) is 4.79 Å². The Hall–Kier alpha value is -2.32. The maximum absolute atomic E-state index is 13.3. The minimum atomic E-state index is -0.392. The Kier molecular flexibility index (Phi) is 7.75. The fourth-order valence-electron chi connectivity index (χ4n) is 4.10. The summed E-state index contributed by atoms with van der Waals surface area (Å²) in [5, 5.41) is 11.9. The first kappa shape index (κ1) is 23.8. The molecule has 0 aromatic heterocycles. The van der Waals surface area contributed by atoms with Gasteiger partial charge < -0.3 is 4.90 Å². The number of nitrogens with zero attached hydrogens (tertiary/aromatic N) is 4. The van der Waals surface area contributed by atoms with Crippen molar-refractivity contribution in [3.63, 3.8) is 0 Å². The van der Waals surface area contributed by atoms with Crippen molar-refractivity contribution in [3.05, 3.63) is 63.1 Å². The van der Waals surface area contributed by atoms with Crippen LogP contribution >= 0.6 is 27.7 Å². The van der Waals surface area contributed by atoms with Gasteiger partial charge in [0.15, 0.2) is 11.3 Å². The molecular formula is C25H30BrN5OS. The standard InChI is InChI=1S/C25H30BrN5OS/c1-4-7-8-15-33-25-28-24(32)22-20-16-18(26)11-14-21(20)27-23(31(22)29-25)17-9-12-19(13-10-17)30(5-2)6-3/h9-14,16,23H,4-8,15H2,1-3H3,(H,28,29,32). The molecule has 0 spiro atoms. The zero-order valence-electron chi connectivity index (χ0n) is 19.3. The molecule has 1 atom stereocenters. The van der Waals surface area contributed by atoms with E-state index in [4.69, 9.17) is 10.1 Å². The molecular weight excluding hydrogens is 498 g/mol. The molecule has 174 valence electrons. The highest BCUT2D eigenvalue weighted by Crippen LogP contribution is 2.32. The van der Waals surface area contributed by atoms with E-state index in [1.165, 1.54) is 18.5 Å². The molecule has 33 heavy (non-hydrogen) atoms. The highest BCUT2D eigenvalue weighted by molar-refractivity contribution is 9.10. The first-order valence-corrected chi connectivity index (χ1v) is 13.4. The van der Waals surface area contributed by atoms with Crippen LogP contribution in [0.4, 0.5) is 5.69 Å². The van der Waals surface area contributed by atoms with Crippen molar-refractivity contribution in [3.8, 4) is 0 Å². The number of unbranched alkanes of at least 4 members (excludes halogenated alkanes) is 2. The van der Waals surface area contributed by atoms with Gasteiger partial charge in [-0.15, -0.1) is 5.10 Å². The van der Waals surface area contributed by atoms with Gasteiger partial charge in [0, 0.05) is 34.2 Å². The molecule has 2 aliphatic rings. The van der Waals surface area contributed by atoms with Gasteiger partial charge in [-0.3, -0.25) is 15.1 Å². The number of nitrogens with one attached hydrogen (secondary N) is 1. The Morgan fingerprint density at radius 2 is 1.85 bits per heavy atom. The lowest BCUT2D eigenvalue weighted by atomic mass is 10.1. The lowest BCUT2D eigenvalue weighted by Gasteiger charge is -2.34. The number of amides is 1. The number of amidine groups is 1. The molecule has 2 heterocycles. The van der Waals surface area contributed by atoms with Crippen molar-refractivity contribution in [2.24, 2.45) is 10.1 Å². The molecule has 2 aliphatic heterocycles. The van der Waals surface area contributed by atoms with E-state index in [-0.39, 0.29) is 5.91 Å². The van der Waals surface area contributed by atoms with Crippen molar-refractivity contribution in [2.75, 3.05) is 23.7 Å². The second-order valence-electron chi connectivity index (χ2n) is 8.04. The molecule has 0 bridgehead atoms. The maximum Gasteiger partial charge on any atom is 0.276 e. The summed E-state index contributed by atoms with van der Waals surface area (Å²) < 4.78 is 0.905. The summed E-state index contributed by atoms with van der Waals surface area (Å²) >= 11 is 5.13. The highest BCUT2D eigenvalue weighted by Gasteiger charge is 2.34. The van der Waals surface area contributed by atoms with Crippen molar-refractivity contribution in [1.82, 2.24) is 10.3 Å². The van der Waals surface area contributed by atoms with Gasteiger partial charge in [-0.05, 0) is 56.2 Å². The molecule has 0 saturated heterocycles. The number of hydrazone groups is 1. The van der Waals surface area contributed by atoms with E-state index in [0.29, 0.717) is 10.9 Å². The predicted octanol–water partition coefficient (Wildman–Crippen LogP) is 4.36. The third-order valence-corrected chi connectivity index (χ3v) is 7.32. The van der Waals surface area contributed by atoms with Gasteiger partial charge in [-0.2, -0.15) is 0 Å². The first-order chi connectivity index (χ1) is 16.0. The summed E-state index contributed by atoms with van der Waals surface area (Å²) in [5.41, 5.74) is 2.72. The van der Waals surface area contributed by atoms with Crippen LogP contribution in [0.3, 0.4) is 0 Å². The third-order valence-electron chi connectivity index (χ3n) is 5.88. The summed E-state index contributed by atoms with van der Waals surface area (Å²) in [5.74, 6) is 0.792. The lowest BCUT2D eigenvalue weighted by Crippen LogP contribution is -2.50. The number of halogens is 1. The van der Waals surface area contributed by atoms with Gasteiger partial charge >= 0.3 is 0 Å². The number of fused-ring (bicyclic) bond motifs is 2. The van der Waals surface area contributed by atoms with Crippen molar-refractivity contribution in [1.29, 1.82) is 0 Å². The van der Waals surface area contributed by atoms with Crippen LogP contribution in [0, 0.1) is 0 Å². The summed E-state index contributed by atoms with van der Waals surface area (Å²) in [6.45, 7) is 8.42. The van der Waals surface area contributed by atoms with E-state index in [1.807, 2.05) is 18.2 Å². The minimum Gasteiger partial charge on any atom is -0.372 e. The second-order valence-corrected chi connectivity index (χ2v) is 10.0. The van der Waals surface area contributed by atoms with Crippen LogP contribution in [0.25, 0.3) is 5.70 Å². The van der Waals surface area contributed by atoms with Crippen LogP contribution in [0.15, 0.2) is 57.0 Å². The van der Waals surface area contributed by atoms with Crippen LogP contribution < -0.4 is 20.8 Å². The van der Waals surface area contributed by atoms with Crippen molar-refractivity contribution >= 4 is 50.2 Å². The van der Waals surface area contributed by atoms with Crippen LogP contribution in [0.5, 0.6) is 0 Å². The molecule has 0 fully saturated rings. The molecule has 6 nitrogen and oxygen atoms in total. The topological polar surface area (TPSA) is 60.3 Å². The number of carbonyl (C=O) groups excluding carboxylic acids is 1. The van der Waals surface area contributed by atoms with Gasteiger partial charge in [-0.25, -0.2) is 5.01 Å². The molecule has 1 unspecified atom stereocenters. The average molecular weight is 529 g/mol. The number of carbonyl (C=O) groups is 1. The van der Waals surface area contributed by atoms with E-state index in [1.54, 1.807) is 16.8 Å². The van der Waals surface area contributed by atoms with Gasteiger partial charge in [0.05, 0.1) is 5.36 Å². The molecule has 2 aromatic rings. The van der Waals surface area contributed by atoms with Gasteiger partial charge in [0.2, 0.25) is 0 Å². The lowest BCUT2D eigenvalue weighted by molar-refractivity contribution is -0.116. The summed E-state index contributed by atoms with van der Waals surface area (Å²) in [7, 11) is 0. The Balaban J connectivity index is 1.75. The molecule has 8 heteroatoms. The molecule has 2 aromatic carbocycles. The van der Waals surface area contributed by atoms with Crippen LogP contribution in [0.1, 0.15) is 51.8 Å². The summed E-state index contributed by atoms with van der Waals surface area (Å²) in [6.07, 6.45) is 3.05. The Morgan fingerprint density at radius 3 is 2.55 bits per heavy atom. The zero-order chi connectivity index (χ0) is 23.4. The Labute approximate surface area is 208 Å². The minimum absolute atomic E-state index is 0.137. The normalized spacial score (nSPS) is 17.0. The molecule has 1 N–H and O–H groups in total. The monoisotopic (exact) mass is 527 g/mol. The van der Waals surface area contributed by atoms with E-state index in [9.17, 15) is 4.79 Å². The van der Waals surface area contributed by atoms with Crippen LogP contribution in [0.2, 0.25) is 0 Å². The first-order valence-electron chi connectivity index (χ1n) is 11.6. The fraction of sp³-hybridized carbons (Fsp3) is 0.400. The van der Waals surface area contributed by atoms with E-state index in [0.717, 1.165) is 45.9 Å². The predicted molar refractivity (Wildman–Crippen MR) is 140 cm³/mol. The van der Waals surface area contributed by atoms with E-state index >= 15 is 0 Å². The quantitative estimate of drug-likeness (QED) is 0.518. The largest absolute Gasteiger partial charge is 0.372 e.